The first kappa shape index (κ1) is 11.8. The van der Waals surface area contributed by atoms with Crippen molar-refractivity contribution in [2.24, 2.45) is 5.92 Å². The molecule has 1 rings (SSSR count). The summed E-state index contributed by atoms with van der Waals surface area (Å²) in [6.07, 6.45) is 0. The first-order valence-corrected chi connectivity index (χ1v) is 5.20. The van der Waals surface area contributed by atoms with Crippen molar-refractivity contribution >= 4 is 5.82 Å². The predicted octanol–water partition coefficient (Wildman–Crippen LogP) is 1.52. The molecule has 0 radical (unpaired) electrons. The van der Waals surface area contributed by atoms with E-state index in [2.05, 4.69) is 10.3 Å². The molecule has 2 N–H and O–H groups in total. The highest BCUT2D eigenvalue weighted by molar-refractivity contribution is 5.36. The van der Waals surface area contributed by atoms with Crippen LogP contribution in [0.2, 0.25) is 0 Å². The third kappa shape index (κ3) is 4.16. The maximum atomic E-state index is 8.87. The summed E-state index contributed by atoms with van der Waals surface area (Å²) in [7, 11) is 0. The lowest BCUT2D eigenvalue weighted by molar-refractivity contribution is 0.244. The molecule has 0 bridgehead atoms. The van der Waals surface area contributed by atoms with Gasteiger partial charge in [-0.05, 0) is 18.9 Å². The average Bonchev–Trinajstić information content (AvgIpc) is 2.27. The summed E-state index contributed by atoms with van der Waals surface area (Å²) in [4.78, 5) is 4.25. The van der Waals surface area contributed by atoms with Gasteiger partial charge in [-0.3, -0.25) is 0 Å². The monoisotopic (exact) mass is 210 g/mol. The van der Waals surface area contributed by atoms with E-state index in [1.54, 1.807) is 0 Å². The summed E-state index contributed by atoms with van der Waals surface area (Å²) in [5.74, 6) is 1.63. The van der Waals surface area contributed by atoms with Crippen LogP contribution in [-0.2, 0) is 0 Å². The van der Waals surface area contributed by atoms with Crippen LogP contribution >= 0.6 is 0 Å². The fraction of sp³-hybridized carbons (Fsp3) is 0.545. The standard InChI is InChI=1S/C11H18N2O2/c1-3-15-11-6-4-5-10(13-11)12-7-9(2)8-14/h4-6,9,14H,3,7-8H2,1-2H3,(H,12,13). The van der Waals surface area contributed by atoms with Crippen LogP contribution in [0.1, 0.15) is 13.8 Å². The fourth-order valence-electron chi connectivity index (χ4n) is 1.08. The smallest absolute Gasteiger partial charge is 0.215 e. The van der Waals surface area contributed by atoms with Crippen molar-refractivity contribution in [3.8, 4) is 5.88 Å². The first-order valence-electron chi connectivity index (χ1n) is 5.20. The van der Waals surface area contributed by atoms with Crippen LogP contribution in [-0.4, -0.2) is 29.8 Å². The number of hydrogen-bond donors (Lipinski definition) is 2. The second-order valence-corrected chi connectivity index (χ2v) is 3.46. The zero-order valence-electron chi connectivity index (χ0n) is 9.23. The number of nitrogens with zero attached hydrogens (tertiary/aromatic N) is 1. The highest BCUT2D eigenvalue weighted by Gasteiger charge is 2.01. The Labute approximate surface area is 90.3 Å². The number of anilines is 1. The van der Waals surface area contributed by atoms with Gasteiger partial charge < -0.3 is 15.2 Å². The second-order valence-electron chi connectivity index (χ2n) is 3.46. The minimum Gasteiger partial charge on any atom is -0.478 e. The molecule has 15 heavy (non-hydrogen) atoms. The normalized spacial score (nSPS) is 12.2. The molecule has 0 spiro atoms. The van der Waals surface area contributed by atoms with E-state index < -0.39 is 0 Å². The van der Waals surface area contributed by atoms with E-state index in [9.17, 15) is 0 Å². The van der Waals surface area contributed by atoms with Gasteiger partial charge in [0, 0.05) is 19.2 Å². The molecule has 1 atom stereocenters. The Hall–Kier alpha value is -1.29. The van der Waals surface area contributed by atoms with Crippen LogP contribution in [0.3, 0.4) is 0 Å². The van der Waals surface area contributed by atoms with E-state index in [-0.39, 0.29) is 12.5 Å². The molecule has 0 saturated heterocycles. The van der Waals surface area contributed by atoms with Crippen molar-refractivity contribution in [1.29, 1.82) is 0 Å². The minimum atomic E-state index is 0.179. The maximum Gasteiger partial charge on any atom is 0.215 e. The third-order valence-electron chi connectivity index (χ3n) is 1.96. The van der Waals surface area contributed by atoms with E-state index in [0.717, 1.165) is 5.82 Å². The topological polar surface area (TPSA) is 54.4 Å². The van der Waals surface area contributed by atoms with E-state index in [1.165, 1.54) is 0 Å². The molecule has 0 saturated carbocycles. The van der Waals surface area contributed by atoms with E-state index >= 15 is 0 Å². The molecule has 1 aromatic heterocycles. The summed E-state index contributed by atoms with van der Waals surface area (Å²) in [6.45, 7) is 5.40. The van der Waals surface area contributed by atoms with Gasteiger partial charge in [-0.25, -0.2) is 0 Å². The van der Waals surface area contributed by atoms with Gasteiger partial charge in [0.15, 0.2) is 0 Å². The van der Waals surface area contributed by atoms with Crippen molar-refractivity contribution in [3.63, 3.8) is 0 Å². The summed E-state index contributed by atoms with van der Waals surface area (Å²) in [6, 6.07) is 5.60. The number of rotatable bonds is 6. The summed E-state index contributed by atoms with van der Waals surface area (Å²) < 4.78 is 5.28. The number of ether oxygens (including phenoxy) is 1. The molecule has 4 heteroatoms. The second kappa shape index (κ2) is 6.24. The summed E-state index contributed by atoms with van der Waals surface area (Å²) in [5, 5.41) is 12.0. The Balaban J connectivity index is 2.50. The predicted molar refractivity (Wildman–Crippen MR) is 60.1 cm³/mol. The van der Waals surface area contributed by atoms with E-state index in [0.29, 0.717) is 19.0 Å². The molecule has 0 aliphatic heterocycles. The van der Waals surface area contributed by atoms with E-state index in [4.69, 9.17) is 9.84 Å². The third-order valence-corrected chi connectivity index (χ3v) is 1.96. The van der Waals surface area contributed by atoms with Gasteiger partial charge in [-0.2, -0.15) is 4.98 Å². The Morgan fingerprint density at radius 3 is 3.00 bits per heavy atom. The number of aliphatic hydroxyl groups excluding tert-OH is 1. The molecule has 84 valence electrons. The molecule has 1 heterocycles. The van der Waals surface area contributed by atoms with Crippen molar-refractivity contribution in [2.45, 2.75) is 13.8 Å². The molecular weight excluding hydrogens is 192 g/mol. The summed E-state index contributed by atoms with van der Waals surface area (Å²) >= 11 is 0. The van der Waals surface area contributed by atoms with Crippen LogP contribution in [0.4, 0.5) is 5.82 Å². The lowest BCUT2D eigenvalue weighted by Gasteiger charge is -2.10. The van der Waals surface area contributed by atoms with E-state index in [1.807, 2.05) is 32.0 Å². The number of nitrogens with one attached hydrogen (secondary N) is 1. The van der Waals surface area contributed by atoms with Gasteiger partial charge in [0.25, 0.3) is 0 Å². The lowest BCUT2D eigenvalue weighted by Crippen LogP contribution is -2.15. The van der Waals surface area contributed by atoms with Crippen molar-refractivity contribution in [3.05, 3.63) is 18.2 Å². The first-order chi connectivity index (χ1) is 7.26. The molecule has 0 aromatic carbocycles. The van der Waals surface area contributed by atoms with Crippen LogP contribution in [0.15, 0.2) is 18.2 Å². The van der Waals surface area contributed by atoms with Crippen LogP contribution in [0.25, 0.3) is 0 Å². The Morgan fingerprint density at radius 2 is 2.33 bits per heavy atom. The number of aromatic nitrogens is 1. The number of pyridine rings is 1. The summed E-state index contributed by atoms with van der Waals surface area (Å²) in [5.41, 5.74) is 0. The number of aliphatic hydroxyl groups is 1. The highest BCUT2D eigenvalue weighted by Crippen LogP contribution is 2.11. The van der Waals surface area contributed by atoms with Crippen molar-refractivity contribution in [1.82, 2.24) is 4.98 Å². The van der Waals surface area contributed by atoms with Crippen LogP contribution in [0.5, 0.6) is 5.88 Å². The van der Waals surface area contributed by atoms with Crippen molar-refractivity contribution in [2.75, 3.05) is 25.1 Å². The molecule has 0 fully saturated rings. The Morgan fingerprint density at radius 1 is 1.53 bits per heavy atom. The Bertz CT molecular complexity index is 292. The van der Waals surface area contributed by atoms with Gasteiger partial charge in [0.2, 0.25) is 5.88 Å². The molecule has 1 aromatic rings. The quantitative estimate of drug-likeness (QED) is 0.747. The molecule has 0 amide bonds. The molecule has 1 unspecified atom stereocenters. The SMILES string of the molecule is CCOc1cccc(NCC(C)CO)n1. The molecular formula is C11H18N2O2. The molecule has 0 aliphatic rings. The van der Waals surface area contributed by atoms with Crippen LogP contribution < -0.4 is 10.1 Å². The number of hydrogen-bond acceptors (Lipinski definition) is 4. The van der Waals surface area contributed by atoms with Crippen LogP contribution in [0, 0.1) is 5.92 Å². The van der Waals surface area contributed by atoms with Gasteiger partial charge in [0.1, 0.15) is 5.82 Å². The van der Waals surface area contributed by atoms with Crippen molar-refractivity contribution < 1.29 is 9.84 Å². The highest BCUT2D eigenvalue weighted by atomic mass is 16.5. The largest absolute Gasteiger partial charge is 0.478 e. The zero-order valence-corrected chi connectivity index (χ0v) is 9.23. The minimum absolute atomic E-state index is 0.179. The van der Waals surface area contributed by atoms with Gasteiger partial charge in [-0.15, -0.1) is 0 Å². The Kier molecular flexibility index (Phi) is 4.90. The van der Waals surface area contributed by atoms with Gasteiger partial charge in [-0.1, -0.05) is 13.0 Å². The molecule has 4 nitrogen and oxygen atoms in total. The zero-order chi connectivity index (χ0) is 11.1. The maximum absolute atomic E-state index is 8.87. The lowest BCUT2D eigenvalue weighted by atomic mass is 10.2. The van der Waals surface area contributed by atoms with Gasteiger partial charge in [0.05, 0.1) is 6.61 Å². The van der Waals surface area contributed by atoms with Gasteiger partial charge >= 0.3 is 0 Å². The molecule has 0 aliphatic carbocycles. The fourth-order valence-corrected chi connectivity index (χ4v) is 1.08. The average molecular weight is 210 g/mol.